The van der Waals surface area contributed by atoms with Gasteiger partial charge in [0.15, 0.2) is 0 Å². The maximum Gasteiger partial charge on any atom is 0.128 e. The molecule has 0 fully saturated rings. The van der Waals surface area contributed by atoms with E-state index in [1.165, 1.54) is 10.8 Å². The van der Waals surface area contributed by atoms with Gasteiger partial charge < -0.3 is 15.2 Å². The maximum atomic E-state index is 10.6. The van der Waals surface area contributed by atoms with Crippen molar-refractivity contribution >= 4 is 43.7 Å². The van der Waals surface area contributed by atoms with Crippen LogP contribution in [0.4, 0.5) is 11.4 Å². The Hall–Kier alpha value is -4.50. The molecule has 0 heterocycles. The van der Waals surface area contributed by atoms with Gasteiger partial charge in [0.05, 0.1) is 0 Å². The molecule has 0 radical (unpaired) electrons. The van der Waals surface area contributed by atoms with Crippen LogP contribution in [-0.4, -0.2) is 5.11 Å². The Labute approximate surface area is 191 Å². The summed E-state index contributed by atoms with van der Waals surface area (Å²) in [7, 11) is 0. The zero-order valence-electron chi connectivity index (χ0n) is 17.8. The number of anilines is 2. The second-order valence-electron chi connectivity index (χ2n) is 8.10. The van der Waals surface area contributed by atoms with E-state index in [9.17, 15) is 5.11 Å². The van der Waals surface area contributed by atoms with Gasteiger partial charge >= 0.3 is 0 Å². The van der Waals surface area contributed by atoms with Gasteiger partial charge in [-0.15, -0.1) is 0 Å². The number of hydrogen-bond acceptors (Lipinski definition) is 3. The number of nitrogens with one attached hydrogen (secondary N) is 1. The van der Waals surface area contributed by atoms with E-state index in [-0.39, 0.29) is 5.75 Å². The molecule has 3 heteroatoms. The Balaban J connectivity index is 1.37. The minimum absolute atomic E-state index is 0.220. The molecule has 0 aliphatic rings. The van der Waals surface area contributed by atoms with E-state index in [0.717, 1.165) is 38.7 Å². The molecule has 0 amide bonds. The van der Waals surface area contributed by atoms with E-state index in [1.54, 1.807) is 6.07 Å². The monoisotopic (exact) mass is 427 g/mol. The molecule has 3 nitrogen and oxygen atoms in total. The highest BCUT2D eigenvalue weighted by Gasteiger charge is 2.10. The summed E-state index contributed by atoms with van der Waals surface area (Å²) in [6.07, 6.45) is 0. The fourth-order valence-electron chi connectivity index (χ4n) is 4.33. The van der Waals surface area contributed by atoms with Crippen molar-refractivity contribution in [1.29, 1.82) is 0 Å². The number of phenolic OH excluding ortho intramolecular Hbond substituents is 1. The molecular weight excluding hydrogens is 406 g/mol. The highest BCUT2D eigenvalue weighted by molar-refractivity contribution is 6.03. The molecule has 0 saturated heterocycles. The van der Waals surface area contributed by atoms with E-state index in [2.05, 4.69) is 47.8 Å². The highest BCUT2D eigenvalue weighted by Crippen LogP contribution is 2.37. The van der Waals surface area contributed by atoms with Gasteiger partial charge in [-0.2, -0.15) is 0 Å². The van der Waals surface area contributed by atoms with E-state index < -0.39 is 0 Å². The van der Waals surface area contributed by atoms with Crippen LogP contribution >= 0.6 is 0 Å². The molecule has 0 aliphatic carbocycles. The molecule has 6 aromatic carbocycles. The number of rotatable bonds is 4. The van der Waals surface area contributed by atoms with Crippen LogP contribution in [0.2, 0.25) is 0 Å². The summed E-state index contributed by atoms with van der Waals surface area (Å²) in [6.45, 7) is 0. The van der Waals surface area contributed by atoms with Crippen LogP contribution in [0.25, 0.3) is 32.3 Å². The van der Waals surface area contributed by atoms with Crippen LogP contribution < -0.4 is 10.1 Å². The van der Waals surface area contributed by atoms with Gasteiger partial charge in [-0.25, -0.2) is 0 Å². The van der Waals surface area contributed by atoms with Gasteiger partial charge in [-0.05, 0) is 64.7 Å². The van der Waals surface area contributed by atoms with E-state index >= 15 is 0 Å². The molecular formula is C30H21NO2. The summed E-state index contributed by atoms with van der Waals surface area (Å²) in [4.78, 5) is 0. The Kier molecular flexibility index (Phi) is 4.59. The normalized spacial score (nSPS) is 11.2. The lowest BCUT2D eigenvalue weighted by atomic mass is 10.1. The van der Waals surface area contributed by atoms with Crippen LogP contribution in [0.15, 0.2) is 115 Å². The first kappa shape index (κ1) is 19.2. The van der Waals surface area contributed by atoms with E-state index in [0.29, 0.717) is 5.75 Å². The second kappa shape index (κ2) is 7.88. The van der Waals surface area contributed by atoms with E-state index in [1.807, 2.05) is 66.7 Å². The average Bonchev–Trinajstić information content (AvgIpc) is 2.86. The minimum atomic E-state index is 0.220. The standard InChI is InChI=1S/C30H21NO2/c32-30-17-16-29(31-28-11-5-9-21-7-3-4-10-25(21)28)26-15-14-24(19-27(26)30)33-23-13-12-20-6-1-2-8-22(20)18-23/h1-19,31-32H. The number of benzene rings is 6. The molecule has 6 rings (SSSR count). The summed E-state index contributed by atoms with van der Waals surface area (Å²) in [5, 5.41) is 20.4. The predicted octanol–water partition coefficient (Wildman–Crippen LogP) is 8.39. The van der Waals surface area contributed by atoms with Gasteiger partial charge in [-0.1, -0.05) is 66.7 Å². The third kappa shape index (κ3) is 3.60. The molecule has 158 valence electrons. The first-order chi connectivity index (χ1) is 16.2. The summed E-state index contributed by atoms with van der Waals surface area (Å²) < 4.78 is 6.13. The van der Waals surface area contributed by atoms with Crippen LogP contribution in [-0.2, 0) is 0 Å². The smallest absolute Gasteiger partial charge is 0.128 e. The summed E-state index contributed by atoms with van der Waals surface area (Å²) in [6, 6.07) is 38.2. The fourth-order valence-corrected chi connectivity index (χ4v) is 4.33. The number of fused-ring (bicyclic) bond motifs is 3. The van der Waals surface area contributed by atoms with Crippen molar-refractivity contribution < 1.29 is 9.84 Å². The Morgan fingerprint density at radius 1 is 0.485 bits per heavy atom. The third-order valence-electron chi connectivity index (χ3n) is 5.98. The molecule has 0 atom stereocenters. The minimum Gasteiger partial charge on any atom is -0.507 e. The molecule has 0 aliphatic heterocycles. The van der Waals surface area contributed by atoms with Gasteiger partial charge in [0.2, 0.25) is 0 Å². The maximum absolute atomic E-state index is 10.6. The van der Waals surface area contributed by atoms with Gasteiger partial charge in [0, 0.05) is 27.5 Å². The van der Waals surface area contributed by atoms with Crippen LogP contribution in [0, 0.1) is 0 Å². The van der Waals surface area contributed by atoms with Crippen molar-refractivity contribution in [2.45, 2.75) is 0 Å². The molecule has 0 aromatic heterocycles. The van der Waals surface area contributed by atoms with Gasteiger partial charge in [-0.3, -0.25) is 0 Å². The predicted molar refractivity (Wildman–Crippen MR) is 137 cm³/mol. The lowest BCUT2D eigenvalue weighted by Crippen LogP contribution is -1.93. The van der Waals surface area contributed by atoms with Crippen molar-refractivity contribution in [1.82, 2.24) is 0 Å². The van der Waals surface area contributed by atoms with Crippen LogP contribution in [0.5, 0.6) is 17.2 Å². The van der Waals surface area contributed by atoms with Crippen LogP contribution in [0.3, 0.4) is 0 Å². The largest absolute Gasteiger partial charge is 0.507 e. The number of aromatic hydroxyl groups is 1. The molecule has 2 N–H and O–H groups in total. The summed E-state index contributed by atoms with van der Waals surface area (Å²) >= 11 is 0. The lowest BCUT2D eigenvalue weighted by Gasteiger charge is -2.14. The van der Waals surface area contributed by atoms with Crippen molar-refractivity contribution in [2.24, 2.45) is 0 Å². The highest BCUT2D eigenvalue weighted by atomic mass is 16.5. The zero-order valence-corrected chi connectivity index (χ0v) is 17.8. The molecule has 6 aromatic rings. The molecule has 33 heavy (non-hydrogen) atoms. The van der Waals surface area contributed by atoms with E-state index in [4.69, 9.17) is 4.74 Å². The lowest BCUT2D eigenvalue weighted by molar-refractivity contribution is 0.476. The molecule has 0 unspecified atom stereocenters. The Bertz CT molecular complexity index is 1630. The Morgan fingerprint density at radius 3 is 2.09 bits per heavy atom. The first-order valence-electron chi connectivity index (χ1n) is 10.9. The second-order valence-corrected chi connectivity index (χ2v) is 8.10. The fraction of sp³-hybridized carbons (Fsp3) is 0. The van der Waals surface area contributed by atoms with Crippen LogP contribution in [0.1, 0.15) is 0 Å². The zero-order chi connectivity index (χ0) is 22.2. The third-order valence-corrected chi connectivity index (χ3v) is 5.98. The van der Waals surface area contributed by atoms with Crippen molar-refractivity contribution in [3.8, 4) is 17.2 Å². The van der Waals surface area contributed by atoms with Crippen molar-refractivity contribution in [2.75, 3.05) is 5.32 Å². The summed E-state index contributed by atoms with van der Waals surface area (Å²) in [5.41, 5.74) is 1.95. The van der Waals surface area contributed by atoms with Gasteiger partial charge in [0.1, 0.15) is 17.2 Å². The quantitative estimate of drug-likeness (QED) is 0.278. The SMILES string of the molecule is Oc1ccc(Nc2cccc3ccccc23)c2ccc(Oc3ccc4ccccc4c3)cc12. The Morgan fingerprint density at radius 2 is 1.18 bits per heavy atom. The molecule has 0 bridgehead atoms. The number of hydrogen-bond donors (Lipinski definition) is 2. The topological polar surface area (TPSA) is 41.5 Å². The number of ether oxygens (including phenoxy) is 1. The molecule has 0 saturated carbocycles. The summed E-state index contributed by atoms with van der Waals surface area (Å²) in [5.74, 6) is 1.66. The average molecular weight is 428 g/mol. The van der Waals surface area contributed by atoms with Crippen molar-refractivity contribution in [3.05, 3.63) is 115 Å². The first-order valence-corrected chi connectivity index (χ1v) is 10.9. The van der Waals surface area contributed by atoms with Gasteiger partial charge in [0.25, 0.3) is 0 Å². The van der Waals surface area contributed by atoms with Crippen molar-refractivity contribution in [3.63, 3.8) is 0 Å². The molecule has 0 spiro atoms. The number of phenols is 1.